The van der Waals surface area contributed by atoms with Crippen molar-refractivity contribution < 1.29 is 24.2 Å². The maximum atomic E-state index is 13.5. The number of rotatable bonds is 9. The minimum atomic E-state index is -0.837. The Balaban J connectivity index is 1.59. The number of nitrogens with zero attached hydrogens (tertiary/aromatic N) is 2. The average molecular weight is 535 g/mol. The van der Waals surface area contributed by atoms with Crippen LogP contribution in [0, 0.1) is 6.92 Å². The summed E-state index contributed by atoms with van der Waals surface area (Å²) in [5, 5.41) is 11.5. The van der Waals surface area contributed by atoms with E-state index in [9.17, 15) is 14.7 Å². The lowest BCUT2D eigenvalue weighted by molar-refractivity contribution is -0.140. The summed E-state index contributed by atoms with van der Waals surface area (Å²) in [4.78, 5) is 32.5. The summed E-state index contributed by atoms with van der Waals surface area (Å²) < 4.78 is 11.8. The Kier molecular flexibility index (Phi) is 7.92. The molecule has 1 atom stereocenters. The number of Topliss-reactive ketones (excluding diaryl/α,β-unsaturated/α-hetero) is 1. The summed E-state index contributed by atoms with van der Waals surface area (Å²) in [7, 11) is 0. The number of ketones is 1. The highest BCUT2D eigenvalue weighted by molar-refractivity contribution is 6.46. The number of hydrogen-bond donors (Lipinski definition) is 1. The van der Waals surface area contributed by atoms with E-state index in [0.29, 0.717) is 35.0 Å². The van der Waals surface area contributed by atoms with Crippen LogP contribution in [0.15, 0.2) is 103 Å². The molecule has 0 radical (unpaired) electrons. The van der Waals surface area contributed by atoms with E-state index < -0.39 is 17.7 Å². The Bertz CT molecular complexity index is 1550. The summed E-state index contributed by atoms with van der Waals surface area (Å²) in [5.41, 5.74) is 2.67. The molecule has 5 rings (SSSR count). The number of aliphatic hydroxyl groups excluding tert-OH is 1. The number of benzene rings is 3. The second-order valence-corrected chi connectivity index (χ2v) is 9.60. The molecule has 1 unspecified atom stereocenters. The lowest BCUT2D eigenvalue weighted by atomic mass is 9.94. The van der Waals surface area contributed by atoms with Crippen LogP contribution in [0.1, 0.15) is 41.6 Å². The molecule has 0 saturated carbocycles. The van der Waals surface area contributed by atoms with E-state index in [1.807, 2.05) is 68.4 Å². The first kappa shape index (κ1) is 26.7. The molecule has 40 heavy (non-hydrogen) atoms. The molecule has 0 aliphatic carbocycles. The first-order chi connectivity index (χ1) is 19.5. The van der Waals surface area contributed by atoms with Gasteiger partial charge in [0.05, 0.1) is 18.2 Å². The summed E-state index contributed by atoms with van der Waals surface area (Å²) in [6.45, 7) is 4.63. The van der Waals surface area contributed by atoms with Gasteiger partial charge in [0.2, 0.25) is 0 Å². The van der Waals surface area contributed by atoms with Crippen molar-refractivity contribution >= 4 is 17.4 Å². The second kappa shape index (κ2) is 11.9. The Morgan fingerprint density at radius 3 is 2.48 bits per heavy atom. The molecule has 4 aromatic rings. The van der Waals surface area contributed by atoms with E-state index in [-0.39, 0.29) is 17.9 Å². The van der Waals surface area contributed by atoms with Gasteiger partial charge in [-0.15, -0.1) is 0 Å². The monoisotopic (exact) mass is 534 g/mol. The number of carbonyl (C=O) groups is 2. The predicted molar refractivity (Wildman–Crippen MR) is 152 cm³/mol. The van der Waals surface area contributed by atoms with Gasteiger partial charge in [0, 0.05) is 24.5 Å². The number of amides is 1. The first-order valence-corrected chi connectivity index (χ1v) is 13.2. The molecule has 7 nitrogen and oxygen atoms in total. The maximum Gasteiger partial charge on any atom is 0.295 e. The van der Waals surface area contributed by atoms with Gasteiger partial charge in [-0.2, -0.15) is 0 Å². The lowest BCUT2D eigenvalue weighted by Gasteiger charge is -2.25. The zero-order chi connectivity index (χ0) is 28.1. The van der Waals surface area contributed by atoms with Gasteiger partial charge in [-0.05, 0) is 78.6 Å². The third-order valence-electron chi connectivity index (χ3n) is 6.68. The number of likely N-dealkylation sites (tertiary alicyclic amines) is 1. The Labute approximate surface area is 233 Å². The van der Waals surface area contributed by atoms with Gasteiger partial charge < -0.3 is 19.5 Å². The second-order valence-electron chi connectivity index (χ2n) is 9.60. The molecule has 2 heterocycles. The van der Waals surface area contributed by atoms with Crippen LogP contribution < -0.4 is 9.47 Å². The number of aliphatic hydroxyl groups is 1. The van der Waals surface area contributed by atoms with Gasteiger partial charge in [0.15, 0.2) is 0 Å². The fourth-order valence-electron chi connectivity index (χ4n) is 4.78. The number of hydrogen-bond acceptors (Lipinski definition) is 6. The minimum absolute atomic E-state index is 0.0207. The number of aryl methyl sites for hydroxylation is 1. The molecule has 1 aliphatic heterocycles. The highest BCUT2D eigenvalue weighted by Crippen LogP contribution is 2.41. The van der Waals surface area contributed by atoms with Crippen molar-refractivity contribution in [3.63, 3.8) is 0 Å². The van der Waals surface area contributed by atoms with Crippen LogP contribution in [-0.4, -0.2) is 33.3 Å². The standard InChI is InChI=1S/C33H30N2O5/c1-3-17-39-28-15-14-25(18-22(28)2)31(36)29-30(35(33(38)32(29)37)21-23-9-8-16-34-20-23)24-10-7-13-27(19-24)40-26-11-5-4-6-12-26/h4-16,18-20,30,36H,3,17,21H2,1-2H3/b31-29-. The van der Waals surface area contributed by atoms with Crippen molar-refractivity contribution in [3.8, 4) is 17.2 Å². The van der Waals surface area contributed by atoms with Crippen LogP contribution in [0.5, 0.6) is 17.2 Å². The normalized spacial score (nSPS) is 16.2. The van der Waals surface area contributed by atoms with Gasteiger partial charge in [-0.1, -0.05) is 43.3 Å². The predicted octanol–water partition coefficient (Wildman–Crippen LogP) is 6.59. The SMILES string of the molecule is CCCOc1ccc(/C(O)=C2/C(=O)C(=O)N(Cc3cccnc3)C2c2cccc(Oc3ccccc3)c2)cc1C. The number of aromatic nitrogens is 1. The average Bonchev–Trinajstić information content (AvgIpc) is 3.22. The van der Waals surface area contributed by atoms with Crippen LogP contribution in [0.4, 0.5) is 0 Å². The highest BCUT2D eigenvalue weighted by Gasteiger charge is 2.46. The molecule has 1 N–H and O–H groups in total. The van der Waals surface area contributed by atoms with Gasteiger partial charge in [-0.25, -0.2) is 0 Å². The van der Waals surface area contributed by atoms with Crippen molar-refractivity contribution in [2.75, 3.05) is 6.61 Å². The van der Waals surface area contributed by atoms with E-state index in [0.717, 1.165) is 17.5 Å². The molecule has 7 heteroatoms. The van der Waals surface area contributed by atoms with E-state index in [1.54, 1.807) is 42.7 Å². The van der Waals surface area contributed by atoms with Crippen LogP contribution in [0.25, 0.3) is 5.76 Å². The van der Waals surface area contributed by atoms with E-state index in [2.05, 4.69) is 4.98 Å². The minimum Gasteiger partial charge on any atom is -0.507 e. The van der Waals surface area contributed by atoms with Crippen LogP contribution in [-0.2, 0) is 16.1 Å². The Morgan fingerprint density at radius 2 is 1.75 bits per heavy atom. The molecule has 1 aliphatic rings. The number of pyridine rings is 1. The van der Waals surface area contributed by atoms with Gasteiger partial charge in [-0.3, -0.25) is 14.6 Å². The summed E-state index contributed by atoms with van der Waals surface area (Å²) in [6.07, 6.45) is 4.17. The topological polar surface area (TPSA) is 89.0 Å². The van der Waals surface area contributed by atoms with Crippen molar-refractivity contribution in [2.24, 2.45) is 0 Å². The molecule has 1 aromatic heterocycles. The molecule has 202 valence electrons. The largest absolute Gasteiger partial charge is 0.507 e. The van der Waals surface area contributed by atoms with Gasteiger partial charge in [0.1, 0.15) is 23.0 Å². The first-order valence-electron chi connectivity index (χ1n) is 13.2. The van der Waals surface area contributed by atoms with Gasteiger partial charge in [0.25, 0.3) is 11.7 Å². The molecule has 0 bridgehead atoms. The van der Waals surface area contributed by atoms with E-state index >= 15 is 0 Å². The van der Waals surface area contributed by atoms with Crippen molar-refractivity contribution in [2.45, 2.75) is 32.9 Å². The molecular formula is C33H30N2O5. The molecular weight excluding hydrogens is 504 g/mol. The Morgan fingerprint density at radius 1 is 0.950 bits per heavy atom. The quantitative estimate of drug-likeness (QED) is 0.148. The number of carbonyl (C=O) groups excluding carboxylic acids is 2. The highest BCUT2D eigenvalue weighted by atomic mass is 16.5. The van der Waals surface area contributed by atoms with E-state index in [1.165, 1.54) is 4.90 Å². The number of para-hydroxylation sites is 1. The third-order valence-corrected chi connectivity index (χ3v) is 6.68. The smallest absolute Gasteiger partial charge is 0.295 e. The molecule has 1 fully saturated rings. The maximum absolute atomic E-state index is 13.5. The molecule has 0 spiro atoms. The van der Waals surface area contributed by atoms with Crippen LogP contribution in [0.2, 0.25) is 0 Å². The zero-order valence-corrected chi connectivity index (χ0v) is 22.4. The fraction of sp³-hybridized carbons (Fsp3) is 0.182. The summed E-state index contributed by atoms with van der Waals surface area (Å²) in [5.74, 6) is 0.234. The third kappa shape index (κ3) is 5.59. The van der Waals surface area contributed by atoms with Crippen molar-refractivity contribution in [1.82, 2.24) is 9.88 Å². The summed E-state index contributed by atoms with van der Waals surface area (Å²) in [6, 6.07) is 24.6. The molecule has 3 aromatic carbocycles. The fourth-order valence-corrected chi connectivity index (χ4v) is 4.78. The lowest BCUT2D eigenvalue weighted by Crippen LogP contribution is -2.29. The summed E-state index contributed by atoms with van der Waals surface area (Å²) >= 11 is 0. The molecule has 1 amide bonds. The van der Waals surface area contributed by atoms with E-state index in [4.69, 9.17) is 9.47 Å². The van der Waals surface area contributed by atoms with Crippen molar-refractivity contribution in [3.05, 3.63) is 125 Å². The zero-order valence-electron chi connectivity index (χ0n) is 22.4. The van der Waals surface area contributed by atoms with Crippen LogP contribution in [0.3, 0.4) is 0 Å². The Hall–Kier alpha value is -4.91. The molecule has 1 saturated heterocycles. The van der Waals surface area contributed by atoms with Crippen molar-refractivity contribution in [1.29, 1.82) is 0 Å². The van der Waals surface area contributed by atoms with Gasteiger partial charge >= 0.3 is 0 Å². The number of ether oxygens (including phenoxy) is 2. The van der Waals surface area contributed by atoms with Crippen LogP contribution >= 0.6 is 0 Å².